The lowest BCUT2D eigenvalue weighted by molar-refractivity contribution is 0.0953. The van der Waals surface area contributed by atoms with Gasteiger partial charge in [-0.1, -0.05) is 25.1 Å². The van der Waals surface area contributed by atoms with Crippen molar-refractivity contribution in [3.05, 3.63) is 52.8 Å². The molecule has 1 amide bonds. The smallest absolute Gasteiger partial charge is 0.267 e. The molecule has 0 saturated heterocycles. The van der Waals surface area contributed by atoms with E-state index in [1.165, 1.54) is 5.56 Å². The van der Waals surface area contributed by atoms with Crippen LogP contribution in [0.4, 0.5) is 0 Å². The second-order valence-electron chi connectivity index (χ2n) is 4.58. The number of aromatic nitrogens is 1. The van der Waals surface area contributed by atoms with E-state index in [-0.39, 0.29) is 5.91 Å². The van der Waals surface area contributed by atoms with Crippen LogP contribution in [0.15, 0.2) is 30.3 Å². The quantitative estimate of drug-likeness (QED) is 0.503. The number of benzene rings is 1. The maximum Gasteiger partial charge on any atom is 0.267 e. The molecule has 3 N–H and O–H groups in total. The number of aryl methyl sites for hydroxylation is 2. The second kappa shape index (κ2) is 5.28. The van der Waals surface area contributed by atoms with Crippen molar-refractivity contribution in [1.29, 1.82) is 0 Å². The Labute approximate surface area is 113 Å². The number of amides is 1. The molecule has 0 aliphatic rings. The molecule has 0 bridgehead atoms. The van der Waals surface area contributed by atoms with E-state index in [4.69, 9.17) is 5.84 Å². The Bertz CT molecular complexity index is 614. The van der Waals surface area contributed by atoms with Crippen molar-refractivity contribution >= 4 is 5.91 Å². The number of para-hydroxylation sites is 1. The standard InChI is InChI=1S/C15H19N3O/c1-4-12-7-5-6-8-14(12)18-10(2)9-13(11(18)3)15(19)17-16/h5-9H,4,16H2,1-3H3,(H,17,19). The third kappa shape index (κ3) is 2.27. The Morgan fingerprint density at radius 2 is 2.00 bits per heavy atom. The summed E-state index contributed by atoms with van der Waals surface area (Å²) in [6, 6.07) is 10.1. The van der Waals surface area contributed by atoms with Gasteiger partial charge in [-0.25, -0.2) is 5.84 Å². The van der Waals surface area contributed by atoms with Crippen molar-refractivity contribution in [3.63, 3.8) is 0 Å². The molecule has 0 aliphatic carbocycles. The highest BCUT2D eigenvalue weighted by molar-refractivity contribution is 5.95. The zero-order valence-corrected chi connectivity index (χ0v) is 11.5. The predicted octanol–water partition coefficient (Wildman–Crippen LogP) is 2.26. The highest BCUT2D eigenvalue weighted by Gasteiger charge is 2.16. The number of nitrogens with zero attached hydrogens (tertiary/aromatic N) is 1. The zero-order chi connectivity index (χ0) is 14.0. The zero-order valence-electron chi connectivity index (χ0n) is 11.5. The van der Waals surface area contributed by atoms with E-state index in [1.54, 1.807) is 0 Å². The van der Waals surface area contributed by atoms with E-state index >= 15 is 0 Å². The van der Waals surface area contributed by atoms with Crippen LogP contribution in [0, 0.1) is 13.8 Å². The molecule has 0 radical (unpaired) electrons. The largest absolute Gasteiger partial charge is 0.317 e. The number of rotatable bonds is 3. The first-order valence-corrected chi connectivity index (χ1v) is 6.38. The van der Waals surface area contributed by atoms with Gasteiger partial charge in [0, 0.05) is 17.1 Å². The lowest BCUT2D eigenvalue weighted by atomic mass is 10.1. The molecule has 2 aromatic rings. The number of nitrogens with one attached hydrogen (secondary N) is 1. The van der Waals surface area contributed by atoms with Crippen molar-refractivity contribution < 1.29 is 4.79 Å². The average Bonchev–Trinajstić information content (AvgIpc) is 2.73. The van der Waals surface area contributed by atoms with Crippen molar-refractivity contribution in [1.82, 2.24) is 9.99 Å². The van der Waals surface area contributed by atoms with E-state index in [0.29, 0.717) is 5.56 Å². The van der Waals surface area contributed by atoms with Crippen LogP contribution in [0.25, 0.3) is 5.69 Å². The maximum atomic E-state index is 11.7. The fraction of sp³-hybridized carbons (Fsp3) is 0.267. The summed E-state index contributed by atoms with van der Waals surface area (Å²) in [6.07, 6.45) is 0.950. The summed E-state index contributed by atoms with van der Waals surface area (Å²) < 4.78 is 2.10. The van der Waals surface area contributed by atoms with Crippen LogP contribution in [0.1, 0.15) is 34.2 Å². The summed E-state index contributed by atoms with van der Waals surface area (Å²) in [6.45, 7) is 6.05. The van der Waals surface area contributed by atoms with Gasteiger partial charge in [-0.2, -0.15) is 0 Å². The molecule has 0 saturated carbocycles. The Balaban J connectivity index is 2.63. The second-order valence-corrected chi connectivity index (χ2v) is 4.58. The van der Waals surface area contributed by atoms with Crippen molar-refractivity contribution in [3.8, 4) is 5.69 Å². The van der Waals surface area contributed by atoms with Crippen LogP contribution in [0.2, 0.25) is 0 Å². The van der Waals surface area contributed by atoms with E-state index in [2.05, 4.69) is 29.0 Å². The van der Waals surface area contributed by atoms with E-state index < -0.39 is 0 Å². The molecule has 1 aromatic heterocycles. The third-order valence-electron chi connectivity index (χ3n) is 3.42. The molecule has 1 aromatic carbocycles. The maximum absolute atomic E-state index is 11.7. The SMILES string of the molecule is CCc1ccccc1-n1c(C)cc(C(=O)NN)c1C. The third-order valence-corrected chi connectivity index (χ3v) is 3.42. The number of carbonyl (C=O) groups is 1. The summed E-state index contributed by atoms with van der Waals surface area (Å²) in [5.41, 5.74) is 7.11. The molecule has 0 atom stereocenters. The lowest BCUT2D eigenvalue weighted by Gasteiger charge is -2.14. The monoisotopic (exact) mass is 257 g/mol. The molecule has 19 heavy (non-hydrogen) atoms. The number of nitrogens with two attached hydrogens (primary N) is 1. The Hall–Kier alpha value is -2.07. The van der Waals surface area contributed by atoms with Gasteiger partial charge in [-0.15, -0.1) is 0 Å². The molecule has 0 aliphatic heterocycles. The minimum atomic E-state index is -0.256. The van der Waals surface area contributed by atoms with Crippen LogP contribution in [-0.2, 0) is 6.42 Å². The Morgan fingerprint density at radius 1 is 1.32 bits per heavy atom. The minimum Gasteiger partial charge on any atom is -0.317 e. The van der Waals surface area contributed by atoms with Gasteiger partial charge in [0.15, 0.2) is 0 Å². The van der Waals surface area contributed by atoms with Gasteiger partial charge in [0.2, 0.25) is 0 Å². The fourth-order valence-electron chi connectivity index (χ4n) is 2.47. The molecule has 1 heterocycles. The van der Waals surface area contributed by atoms with Gasteiger partial charge in [0.25, 0.3) is 5.91 Å². The van der Waals surface area contributed by atoms with E-state index in [0.717, 1.165) is 23.5 Å². The molecule has 0 spiro atoms. The van der Waals surface area contributed by atoms with Gasteiger partial charge in [-0.3, -0.25) is 10.2 Å². The molecule has 4 heteroatoms. The first kappa shape index (κ1) is 13.4. The highest BCUT2D eigenvalue weighted by Crippen LogP contribution is 2.23. The summed E-state index contributed by atoms with van der Waals surface area (Å²) in [4.78, 5) is 11.7. The van der Waals surface area contributed by atoms with E-state index in [9.17, 15) is 4.79 Å². The summed E-state index contributed by atoms with van der Waals surface area (Å²) in [7, 11) is 0. The molecule has 0 fully saturated rings. The van der Waals surface area contributed by atoms with Gasteiger partial charge in [0.1, 0.15) is 0 Å². The normalized spacial score (nSPS) is 10.5. The van der Waals surface area contributed by atoms with Crippen molar-refractivity contribution in [2.24, 2.45) is 5.84 Å². The predicted molar refractivity (Wildman–Crippen MR) is 76.3 cm³/mol. The van der Waals surface area contributed by atoms with Crippen molar-refractivity contribution in [2.75, 3.05) is 0 Å². The van der Waals surface area contributed by atoms with Crippen molar-refractivity contribution in [2.45, 2.75) is 27.2 Å². The molecular formula is C15H19N3O. The highest BCUT2D eigenvalue weighted by atomic mass is 16.2. The fourth-order valence-corrected chi connectivity index (χ4v) is 2.47. The lowest BCUT2D eigenvalue weighted by Crippen LogP contribution is -2.30. The van der Waals surface area contributed by atoms with Crippen LogP contribution < -0.4 is 11.3 Å². The number of hydrogen-bond donors (Lipinski definition) is 2. The number of hydrogen-bond acceptors (Lipinski definition) is 2. The van der Waals surface area contributed by atoms with Crippen LogP contribution in [0.5, 0.6) is 0 Å². The number of nitrogen functional groups attached to an aromatic ring is 1. The molecule has 0 unspecified atom stereocenters. The summed E-state index contributed by atoms with van der Waals surface area (Å²) in [5.74, 6) is 4.96. The van der Waals surface area contributed by atoms with Gasteiger partial charge < -0.3 is 4.57 Å². The Morgan fingerprint density at radius 3 is 2.63 bits per heavy atom. The first-order valence-electron chi connectivity index (χ1n) is 6.38. The topological polar surface area (TPSA) is 60.0 Å². The first-order chi connectivity index (χ1) is 9.10. The Kier molecular flexibility index (Phi) is 3.71. The van der Waals surface area contributed by atoms with Crippen LogP contribution >= 0.6 is 0 Å². The van der Waals surface area contributed by atoms with Gasteiger partial charge >= 0.3 is 0 Å². The van der Waals surface area contributed by atoms with Gasteiger partial charge in [-0.05, 0) is 38.0 Å². The number of carbonyl (C=O) groups excluding carboxylic acids is 1. The minimum absolute atomic E-state index is 0.256. The summed E-state index contributed by atoms with van der Waals surface area (Å²) >= 11 is 0. The number of hydrazine groups is 1. The molecule has 100 valence electrons. The molecule has 4 nitrogen and oxygen atoms in total. The molecular weight excluding hydrogens is 238 g/mol. The average molecular weight is 257 g/mol. The van der Waals surface area contributed by atoms with E-state index in [1.807, 2.05) is 32.0 Å². The molecule has 2 rings (SSSR count). The van der Waals surface area contributed by atoms with Crippen LogP contribution in [0.3, 0.4) is 0 Å². The van der Waals surface area contributed by atoms with Gasteiger partial charge in [0.05, 0.1) is 5.56 Å². The summed E-state index contributed by atoms with van der Waals surface area (Å²) in [5, 5.41) is 0. The van der Waals surface area contributed by atoms with Crippen LogP contribution in [-0.4, -0.2) is 10.5 Å².